The van der Waals surface area contributed by atoms with Gasteiger partial charge in [0, 0.05) is 32.2 Å². The Hall–Kier alpha value is -2.42. The van der Waals surface area contributed by atoms with E-state index in [4.69, 9.17) is 0 Å². The maximum atomic E-state index is 13.1. The first kappa shape index (κ1) is 23.2. The van der Waals surface area contributed by atoms with Crippen LogP contribution in [0.3, 0.4) is 0 Å². The fourth-order valence-corrected chi connectivity index (χ4v) is 4.38. The zero-order valence-electron chi connectivity index (χ0n) is 19.2. The molecule has 1 atom stereocenters. The van der Waals surface area contributed by atoms with Crippen LogP contribution in [0, 0.1) is 0 Å². The molecule has 172 valence electrons. The predicted octanol–water partition coefficient (Wildman–Crippen LogP) is 1.25. The molecule has 0 spiro atoms. The van der Waals surface area contributed by atoms with Crippen molar-refractivity contribution in [2.45, 2.75) is 71.0 Å². The second kappa shape index (κ2) is 9.80. The lowest BCUT2D eigenvalue weighted by atomic mass is 9.92. The average Bonchev–Trinajstić information content (AvgIpc) is 3.19. The summed E-state index contributed by atoms with van der Waals surface area (Å²) in [7, 11) is 1.64. The van der Waals surface area contributed by atoms with Gasteiger partial charge in [0.1, 0.15) is 11.2 Å². The number of carbonyl (C=O) groups excluding carboxylic acids is 3. The van der Waals surface area contributed by atoms with Crippen LogP contribution >= 0.6 is 0 Å². The molecule has 9 heteroatoms. The minimum absolute atomic E-state index is 0.160. The molecular weight excluding hydrogens is 396 g/mol. The first-order valence-electron chi connectivity index (χ1n) is 11.5. The Morgan fingerprint density at radius 1 is 1.23 bits per heavy atom. The summed E-state index contributed by atoms with van der Waals surface area (Å²) in [5, 5.41) is 10.4. The van der Waals surface area contributed by atoms with Crippen molar-refractivity contribution in [3.63, 3.8) is 0 Å². The Labute approximate surface area is 184 Å². The maximum absolute atomic E-state index is 13.1. The summed E-state index contributed by atoms with van der Waals surface area (Å²) in [5.41, 5.74) is -0.517. The molecule has 3 amide bonds. The molecule has 0 bridgehead atoms. The molecule has 31 heavy (non-hydrogen) atoms. The second-order valence-corrected chi connectivity index (χ2v) is 8.80. The zero-order chi connectivity index (χ0) is 22.6. The lowest BCUT2D eigenvalue weighted by molar-refractivity contribution is -0.133. The van der Waals surface area contributed by atoms with Crippen molar-refractivity contribution in [3.8, 4) is 0 Å². The lowest BCUT2D eigenvalue weighted by Crippen LogP contribution is -2.63. The van der Waals surface area contributed by atoms with Crippen LogP contribution in [0.5, 0.6) is 0 Å². The van der Waals surface area contributed by atoms with E-state index in [-0.39, 0.29) is 36.0 Å². The second-order valence-electron chi connectivity index (χ2n) is 8.80. The highest BCUT2D eigenvalue weighted by molar-refractivity contribution is 6.01. The number of rotatable bonds is 8. The van der Waals surface area contributed by atoms with E-state index in [2.05, 4.69) is 34.5 Å². The average molecular weight is 433 g/mol. The molecule has 1 aromatic heterocycles. The van der Waals surface area contributed by atoms with Gasteiger partial charge in [-0.3, -0.25) is 19.1 Å². The molecule has 0 saturated heterocycles. The number of nitrogens with one attached hydrogen (secondary N) is 2. The fourth-order valence-electron chi connectivity index (χ4n) is 4.38. The van der Waals surface area contributed by atoms with E-state index in [1.165, 1.54) is 22.1 Å². The van der Waals surface area contributed by atoms with Crippen molar-refractivity contribution in [1.29, 1.82) is 0 Å². The minimum atomic E-state index is -1.05. The third-order valence-electron chi connectivity index (χ3n) is 6.77. The normalized spacial score (nSPS) is 21.8. The molecule has 1 unspecified atom stereocenters. The number of likely N-dealkylation sites (N-methyl/N-ethyl adjacent to an activating group) is 2. The van der Waals surface area contributed by atoms with E-state index in [1.54, 1.807) is 14.0 Å². The van der Waals surface area contributed by atoms with E-state index in [9.17, 15) is 14.4 Å². The number of aromatic nitrogens is 2. The molecule has 9 nitrogen and oxygen atoms in total. The van der Waals surface area contributed by atoms with Gasteiger partial charge in [-0.05, 0) is 32.9 Å². The van der Waals surface area contributed by atoms with Crippen molar-refractivity contribution < 1.29 is 14.4 Å². The van der Waals surface area contributed by atoms with Gasteiger partial charge in [-0.15, -0.1) is 0 Å². The molecule has 1 aliphatic carbocycles. The topological polar surface area (TPSA) is 99.6 Å². The molecule has 1 fully saturated rings. The van der Waals surface area contributed by atoms with E-state index in [0.29, 0.717) is 12.2 Å². The number of nitrogens with zero attached hydrogens (tertiary/aromatic N) is 4. The molecule has 2 N–H and O–H groups in total. The van der Waals surface area contributed by atoms with Crippen molar-refractivity contribution in [3.05, 3.63) is 17.5 Å². The van der Waals surface area contributed by atoms with Crippen LogP contribution in [-0.2, 0) is 11.3 Å². The number of amides is 3. The molecule has 0 aromatic carbocycles. The van der Waals surface area contributed by atoms with Crippen molar-refractivity contribution in [2.75, 3.05) is 33.2 Å². The first-order chi connectivity index (χ1) is 14.8. The molecular formula is C22H36N6O3. The van der Waals surface area contributed by atoms with Crippen molar-refractivity contribution in [2.24, 2.45) is 0 Å². The Balaban J connectivity index is 1.69. The van der Waals surface area contributed by atoms with Gasteiger partial charge in [0.15, 0.2) is 5.69 Å². The summed E-state index contributed by atoms with van der Waals surface area (Å²) in [4.78, 5) is 42.4. The van der Waals surface area contributed by atoms with Crippen LogP contribution in [-0.4, -0.2) is 82.1 Å². The van der Waals surface area contributed by atoms with Gasteiger partial charge in [-0.1, -0.05) is 33.1 Å². The van der Waals surface area contributed by atoms with Crippen LogP contribution in [0.15, 0.2) is 6.07 Å². The van der Waals surface area contributed by atoms with Gasteiger partial charge >= 0.3 is 0 Å². The van der Waals surface area contributed by atoms with Crippen LogP contribution in [0.4, 0.5) is 0 Å². The van der Waals surface area contributed by atoms with Gasteiger partial charge in [0.25, 0.3) is 11.8 Å². The van der Waals surface area contributed by atoms with Gasteiger partial charge < -0.3 is 20.4 Å². The van der Waals surface area contributed by atoms with Gasteiger partial charge in [0.2, 0.25) is 5.91 Å². The summed E-state index contributed by atoms with van der Waals surface area (Å²) in [6.07, 6.45) is 5.39. The fraction of sp³-hybridized carbons (Fsp3) is 0.727. The summed E-state index contributed by atoms with van der Waals surface area (Å²) in [5.74, 6) is -0.776. The highest BCUT2D eigenvalue weighted by atomic mass is 16.2. The molecule has 1 aromatic rings. The van der Waals surface area contributed by atoms with Crippen molar-refractivity contribution in [1.82, 2.24) is 30.2 Å². The molecule has 1 saturated carbocycles. The number of carbonyl (C=O) groups is 3. The Bertz CT molecular complexity index is 812. The highest BCUT2D eigenvalue weighted by Crippen LogP contribution is 2.27. The standard InChI is InChI=1S/C22H36N6O3/c1-5-27(6-2)13-12-23-19(29)17-14-18-20(30)26(4)22(3,15-28(18)25-17)21(31)24-16-10-8-7-9-11-16/h14,16H,5-13,15H2,1-4H3,(H,23,29)(H,24,31). The van der Waals surface area contributed by atoms with E-state index >= 15 is 0 Å². The van der Waals surface area contributed by atoms with Crippen LogP contribution in [0.25, 0.3) is 0 Å². The summed E-state index contributed by atoms with van der Waals surface area (Å²) in [6.45, 7) is 9.26. The first-order valence-corrected chi connectivity index (χ1v) is 11.5. The summed E-state index contributed by atoms with van der Waals surface area (Å²) < 4.78 is 1.50. The highest BCUT2D eigenvalue weighted by Gasteiger charge is 2.46. The van der Waals surface area contributed by atoms with Crippen LogP contribution in [0.1, 0.15) is 73.9 Å². The molecule has 3 rings (SSSR count). The van der Waals surface area contributed by atoms with Gasteiger partial charge in [-0.2, -0.15) is 5.10 Å². The van der Waals surface area contributed by atoms with Gasteiger partial charge in [-0.25, -0.2) is 0 Å². The summed E-state index contributed by atoms with van der Waals surface area (Å²) in [6, 6.07) is 1.68. The molecule has 2 heterocycles. The third-order valence-corrected chi connectivity index (χ3v) is 6.77. The minimum Gasteiger partial charge on any atom is -0.351 e. The van der Waals surface area contributed by atoms with Crippen molar-refractivity contribution >= 4 is 17.7 Å². The Morgan fingerprint density at radius 2 is 1.90 bits per heavy atom. The van der Waals surface area contributed by atoms with Crippen LogP contribution < -0.4 is 10.6 Å². The molecule has 2 aliphatic rings. The Kier molecular flexibility index (Phi) is 7.35. The SMILES string of the molecule is CCN(CC)CCNC(=O)c1cc2n(n1)CC(C)(C(=O)NC1CCCCC1)N(C)C2=O. The Morgan fingerprint density at radius 3 is 2.55 bits per heavy atom. The quantitative estimate of drug-likeness (QED) is 0.644. The molecule has 0 radical (unpaired) electrons. The zero-order valence-corrected chi connectivity index (χ0v) is 19.2. The number of hydrogen-bond donors (Lipinski definition) is 2. The number of fused-ring (bicyclic) bond motifs is 1. The number of hydrogen-bond acceptors (Lipinski definition) is 5. The van der Waals surface area contributed by atoms with Gasteiger partial charge in [0.05, 0.1) is 6.54 Å². The molecule has 1 aliphatic heterocycles. The van der Waals surface area contributed by atoms with Crippen LogP contribution in [0.2, 0.25) is 0 Å². The van der Waals surface area contributed by atoms with E-state index in [0.717, 1.165) is 45.3 Å². The third kappa shape index (κ3) is 4.92. The maximum Gasteiger partial charge on any atom is 0.272 e. The predicted molar refractivity (Wildman–Crippen MR) is 118 cm³/mol. The largest absolute Gasteiger partial charge is 0.351 e. The van der Waals surface area contributed by atoms with E-state index in [1.807, 2.05) is 0 Å². The van der Waals surface area contributed by atoms with E-state index < -0.39 is 5.54 Å². The monoisotopic (exact) mass is 432 g/mol. The summed E-state index contributed by atoms with van der Waals surface area (Å²) >= 11 is 0. The smallest absolute Gasteiger partial charge is 0.272 e. The lowest BCUT2D eigenvalue weighted by Gasteiger charge is -2.41.